The van der Waals surface area contributed by atoms with Crippen LogP contribution in [0.2, 0.25) is 4.34 Å². The molecule has 0 radical (unpaired) electrons. The SMILES string of the molecule is COc1ccc(/C(N)=N/O)cc1CNCc1ccc(Cl)s1. The van der Waals surface area contributed by atoms with Gasteiger partial charge < -0.3 is 21.0 Å². The van der Waals surface area contributed by atoms with Crippen molar-refractivity contribution in [2.45, 2.75) is 13.1 Å². The zero-order valence-corrected chi connectivity index (χ0v) is 13.0. The molecule has 1 aromatic carbocycles. The van der Waals surface area contributed by atoms with Gasteiger partial charge in [-0.15, -0.1) is 11.3 Å². The predicted octanol–water partition coefficient (Wildman–Crippen LogP) is 2.79. The lowest BCUT2D eigenvalue weighted by Crippen LogP contribution is -2.16. The second-order valence-electron chi connectivity index (χ2n) is 4.32. The van der Waals surface area contributed by atoms with Gasteiger partial charge in [-0.25, -0.2) is 0 Å². The number of hydrogen-bond donors (Lipinski definition) is 3. The van der Waals surface area contributed by atoms with Crippen LogP contribution in [0.15, 0.2) is 35.5 Å². The molecule has 1 heterocycles. The maximum atomic E-state index is 8.74. The molecule has 0 saturated carbocycles. The van der Waals surface area contributed by atoms with Crippen LogP contribution in [0.4, 0.5) is 0 Å². The largest absolute Gasteiger partial charge is 0.496 e. The molecule has 0 fully saturated rings. The Morgan fingerprint density at radius 2 is 2.19 bits per heavy atom. The Bertz CT molecular complexity index is 643. The van der Waals surface area contributed by atoms with Crippen molar-refractivity contribution in [2.24, 2.45) is 10.9 Å². The third-order valence-corrected chi connectivity index (χ3v) is 4.16. The van der Waals surface area contributed by atoms with Gasteiger partial charge >= 0.3 is 0 Å². The van der Waals surface area contributed by atoms with E-state index in [1.54, 1.807) is 30.6 Å². The Labute approximate surface area is 132 Å². The minimum absolute atomic E-state index is 0.0731. The molecule has 0 atom stereocenters. The summed E-state index contributed by atoms with van der Waals surface area (Å²) in [6, 6.07) is 9.25. The van der Waals surface area contributed by atoms with E-state index in [1.165, 1.54) is 0 Å². The smallest absolute Gasteiger partial charge is 0.170 e. The van der Waals surface area contributed by atoms with E-state index in [0.29, 0.717) is 18.7 Å². The van der Waals surface area contributed by atoms with Gasteiger partial charge in [0.2, 0.25) is 0 Å². The Kier molecular flexibility index (Phi) is 5.44. The average Bonchev–Trinajstić information content (AvgIpc) is 2.91. The van der Waals surface area contributed by atoms with Crippen molar-refractivity contribution < 1.29 is 9.94 Å². The number of rotatable bonds is 6. The fourth-order valence-corrected chi connectivity index (χ4v) is 2.96. The maximum Gasteiger partial charge on any atom is 0.170 e. The Hall–Kier alpha value is -1.76. The number of methoxy groups -OCH3 is 1. The quantitative estimate of drug-likeness (QED) is 0.330. The van der Waals surface area contributed by atoms with E-state index in [1.807, 2.05) is 18.2 Å². The summed E-state index contributed by atoms with van der Waals surface area (Å²) in [5.74, 6) is 0.824. The average molecular weight is 326 g/mol. The Morgan fingerprint density at radius 3 is 2.81 bits per heavy atom. The summed E-state index contributed by atoms with van der Waals surface area (Å²) in [5, 5.41) is 15.1. The topological polar surface area (TPSA) is 79.9 Å². The van der Waals surface area contributed by atoms with Crippen molar-refractivity contribution in [3.05, 3.63) is 50.7 Å². The van der Waals surface area contributed by atoms with Gasteiger partial charge in [0.25, 0.3) is 0 Å². The fraction of sp³-hybridized carbons (Fsp3) is 0.214. The van der Waals surface area contributed by atoms with Gasteiger partial charge in [0.1, 0.15) is 5.75 Å². The number of benzene rings is 1. The molecule has 0 aliphatic rings. The molecule has 2 rings (SSSR count). The molecule has 21 heavy (non-hydrogen) atoms. The normalized spacial score (nSPS) is 11.6. The van der Waals surface area contributed by atoms with Crippen LogP contribution in [0.3, 0.4) is 0 Å². The van der Waals surface area contributed by atoms with Crippen LogP contribution in [-0.2, 0) is 13.1 Å². The maximum absolute atomic E-state index is 8.74. The molecule has 7 heteroatoms. The predicted molar refractivity (Wildman–Crippen MR) is 85.4 cm³/mol. The molecule has 2 aromatic rings. The van der Waals surface area contributed by atoms with Gasteiger partial charge in [-0.3, -0.25) is 0 Å². The van der Waals surface area contributed by atoms with Crippen LogP contribution in [0.25, 0.3) is 0 Å². The van der Waals surface area contributed by atoms with Gasteiger partial charge in [0.15, 0.2) is 5.84 Å². The van der Waals surface area contributed by atoms with Crippen LogP contribution in [0.1, 0.15) is 16.0 Å². The molecule has 0 unspecified atom stereocenters. The molecule has 0 spiro atoms. The molecule has 4 N–H and O–H groups in total. The summed E-state index contributed by atoms with van der Waals surface area (Å²) in [6.45, 7) is 1.32. The van der Waals surface area contributed by atoms with E-state index in [0.717, 1.165) is 20.5 Å². The summed E-state index contributed by atoms with van der Waals surface area (Å²) >= 11 is 7.44. The first-order valence-electron chi connectivity index (χ1n) is 6.23. The van der Waals surface area contributed by atoms with Gasteiger partial charge in [-0.2, -0.15) is 0 Å². The Balaban J connectivity index is 2.06. The van der Waals surface area contributed by atoms with Gasteiger partial charge in [-0.05, 0) is 30.3 Å². The minimum atomic E-state index is 0.0731. The molecule has 0 saturated heterocycles. The van der Waals surface area contributed by atoms with E-state index in [4.69, 9.17) is 27.3 Å². The molecule has 1 aromatic heterocycles. The number of nitrogens with two attached hydrogens (primary N) is 1. The lowest BCUT2D eigenvalue weighted by atomic mass is 10.1. The van der Waals surface area contributed by atoms with Gasteiger partial charge in [0.05, 0.1) is 11.4 Å². The highest BCUT2D eigenvalue weighted by Gasteiger charge is 2.07. The third-order valence-electron chi connectivity index (χ3n) is 2.93. The molecule has 0 bridgehead atoms. The molecular formula is C14H16ClN3O2S. The number of oxime groups is 1. The summed E-state index contributed by atoms with van der Waals surface area (Å²) in [5.41, 5.74) is 7.18. The van der Waals surface area contributed by atoms with E-state index < -0.39 is 0 Å². The number of nitrogens with one attached hydrogen (secondary N) is 1. The summed E-state index contributed by atoms with van der Waals surface area (Å²) < 4.78 is 6.10. The minimum Gasteiger partial charge on any atom is -0.496 e. The second-order valence-corrected chi connectivity index (χ2v) is 6.12. The fourth-order valence-electron chi connectivity index (χ4n) is 1.90. The van der Waals surface area contributed by atoms with Crippen molar-refractivity contribution in [3.63, 3.8) is 0 Å². The summed E-state index contributed by atoms with van der Waals surface area (Å²) in [6.07, 6.45) is 0. The molecule has 0 aliphatic carbocycles. The molecule has 5 nitrogen and oxygen atoms in total. The number of nitrogens with zero attached hydrogens (tertiary/aromatic N) is 1. The van der Waals surface area contributed by atoms with E-state index in [-0.39, 0.29) is 5.84 Å². The molecule has 112 valence electrons. The van der Waals surface area contributed by atoms with Crippen LogP contribution in [0.5, 0.6) is 5.75 Å². The van der Waals surface area contributed by atoms with E-state index in [2.05, 4.69) is 10.5 Å². The highest BCUT2D eigenvalue weighted by molar-refractivity contribution is 7.16. The first kappa shape index (κ1) is 15.6. The second kappa shape index (κ2) is 7.31. The monoisotopic (exact) mass is 325 g/mol. The zero-order chi connectivity index (χ0) is 15.2. The van der Waals surface area contributed by atoms with Crippen LogP contribution < -0.4 is 15.8 Å². The van der Waals surface area contributed by atoms with Crippen molar-refractivity contribution in [2.75, 3.05) is 7.11 Å². The summed E-state index contributed by atoms with van der Waals surface area (Å²) in [7, 11) is 1.61. The third kappa shape index (κ3) is 4.10. The van der Waals surface area contributed by atoms with Crippen molar-refractivity contribution in [1.29, 1.82) is 0 Å². The van der Waals surface area contributed by atoms with E-state index >= 15 is 0 Å². The Morgan fingerprint density at radius 1 is 1.38 bits per heavy atom. The molecular weight excluding hydrogens is 310 g/mol. The van der Waals surface area contributed by atoms with E-state index in [9.17, 15) is 0 Å². The van der Waals surface area contributed by atoms with Gasteiger partial charge in [0, 0.05) is 29.1 Å². The van der Waals surface area contributed by atoms with Crippen molar-refractivity contribution in [1.82, 2.24) is 5.32 Å². The first-order valence-corrected chi connectivity index (χ1v) is 7.43. The number of hydrogen-bond acceptors (Lipinski definition) is 5. The lowest BCUT2D eigenvalue weighted by molar-refractivity contribution is 0.318. The lowest BCUT2D eigenvalue weighted by Gasteiger charge is -2.11. The highest BCUT2D eigenvalue weighted by atomic mass is 35.5. The standard InChI is InChI=1S/C14H16ClN3O2S/c1-20-12-4-2-9(14(16)18-19)6-10(12)7-17-8-11-3-5-13(15)21-11/h2-6,17,19H,7-8H2,1H3,(H2,16,18). The molecule has 0 amide bonds. The molecule has 0 aliphatic heterocycles. The number of ether oxygens (including phenoxy) is 1. The zero-order valence-electron chi connectivity index (χ0n) is 11.5. The van der Waals surface area contributed by atoms with Crippen molar-refractivity contribution >= 4 is 28.8 Å². The summed E-state index contributed by atoms with van der Waals surface area (Å²) in [4.78, 5) is 1.16. The van der Waals surface area contributed by atoms with Crippen LogP contribution >= 0.6 is 22.9 Å². The van der Waals surface area contributed by atoms with Gasteiger partial charge in [-0.1, -0.05) is 16.8 Å². The van der Waals surface area contributed by atoms with Crippen molar-refractivity contribution in [3.8, 4) is 5.75 Å². The van der Waals surface area contributed by atoms with Crippen LogP contribution in [0, 0.1) is 0 Å². The number of halogens is 1. The van der Waals surface area contributed by atoms with Crippen LogP contribution in [-0.4, -0.2) is 18.2 Å². The highest BCUT2D eigenvalue weighted by Crippen LogP contribution is 2.22. The first-order chi connectivity index (χ1) is 10.1. The number of amidine groups is 1. The number of thiophene rings is 1.